The van der Waals surface area contributed by atoms with Crippen molar-refractivity contribution in [1.82, 2.24) is 9.80 Å². The van der Waals surface area contributed by atoms with E-state index in [0.717, 1.165) is 6.42 Å². The molecule has 0 aromatic heterocycles. The Morgan fingerprint density at radius 3 is 2.71 bits per heavy atom. The van der Waals surface area contributed by atoms with E-state index in [0.29, 0.717) is 13.1 Å². The molecule has 1 heterocycles. The Balaban J connectivity index is 2.61. The maximum atomic E-state index is 11.7. The molecule has 1 atom stereocenters. The summed E-state index contributed by atoms with van der Waals surface area (Å²) in [5.74, 6) is 0.00896. The maximum absolute atomic E-state index is 11.7. The van der Waals surface area contributed by atoms with Crippen LogP contribution in [0.5, 0.6) is 0 Å². The van der Waals surface area contributed by atoms with Gasteiger partial charge in [-0.25, -0.2) is 0 Å². The lowest BCUT2D eigenvalue weighted by Crippen LogP contribution is -2.57. The van der Waals surface area contributed by atoms with E-state index in [1.54, 1.807) is 18.9 Å². The number of nitrogens with two attached hydrogens (primary N) is 1. The molecular weight excluding hydrogens is 182 g/mol. The van der Waals surface area contributed by atoms with Crippen molar-refractivity contribution in [2.24, 2.45) is 5.73 Å². The van der Waals surface area contributed by atoms with E-state index in [9.17, 15) is 9.59 Å². The van der Waals surface area contributed by atoms with Crippen LogP contribution < -0.4 is 5.73 Å². The second-order valence-corrected chi connectivity index (χ2v) is 3.58. The third-order valence-corrected chi connectivity index (χ3v) is 2.60. The summed E-state index contributed by atoms with van der Waals surface area (Å²) in [6, 6.07) is -0.339. The molecule has 0 bridgehead atoms. The molecule has 0 aromatic carbocycles. The highest BCUT2D eigenvalue weighted by Crippen LogP contribution is 2.10. The van der Waals surface area contributed by atoms with E-state index in [2.05, 4.69) is 0 Å². The Morgan fingerprint density at radius 1 is 1.50 bits per heavy atom. The molecule has 80 valence electrons. The van der Waals surface area contributed by atoms with Crippen molar-refractivity contribution in [2.45, 2.75) is 19.4 Å². The molecule has 1 saturated heterocycles. The Kier molecular flexibility index (Phi) is 3.46. The van der Waals surface area contributed by atoms with Gasteiger partial charge in [0, 0.05) is 13.6 Å². The molecule has 0 aromatic rings. The van der Waals surface area contributed by atoms with E-state index < -0.39 is 0 Å². The number of amides is 2. The van der Waals surface area contributed by atoms with Crippen molar-refractivity contribution in [2.75, 3.05) is 26.7 Å². The van der Waals surface area contributed by atoms with Crippen LogP contribution in [0.25, 0.3) is 0 Å². The fourth-order valence-electron chi connectivity index (χ4n) is 1.47. The average Bonchev–Trinajstić information content (AvgIpc) is 2.18. The minimum absolute atomic E-state index is 0.00544. The van der Waals surface area contributed by atoms with Crippen LogP contribution >= 0.6 is 0 Å². The number of hydrogen-bond donors (Lipinski definition) is 1. The van der Waals surface area contributed by atoms with Gasteiger partial charge in [-0.3, -0.25) is 9.59 Å². The van der Waals surface area contributed by atoms with Crippen LogP contribution in [-0.2, 0) is 9.59 Å². The molecule has 5 nitrogen and oxygen atoms in total. The molecular formula is C9H17N3O2. The summed E-state index contributed by atoms with van der Waals surface area (Å²) in [4.78, 5) is 26.2. The van der Waals surface area contributed by atoms with E-state index in [4.69, 9.17) is 5.73 Å². The molecule has 1 unspecified atom stereocenters. The van der Waals surface area contributed by atoms with Gasteiger partial charge in [0.15, 0.2) is 0 Å². The maximum Gasteiger partial charge on any atom is 0.245 e. The van der Waals surface area contributed by atoms with Crippen LogP contribution in [0.2, 0.25) is 0 Å². The van der Waals surface area contributed by atoms with E-state index in [-0.39, 0.29) is 24.4 Å². The van der Waals surface area contributed by atoms with E-state index in [1.807, 2.05) is 0 Å². The summed E-state index contributed by atoms with van der Waals surface area (Å²) in [6.07, 6.45) is 0.745. The minimum Gasteiger partial charge on any atom is -0.332 e. The highest BCUT2D eigenvalue weighted by molar-refractivity contribution is 5.94. The van der Waals surface area contributed by atoms with Gasteiger partial charge >= 0.3 is 0 Å². The summed E-state index contributed by atoms with van der Waals surface area (Å²) in [6.45, 7) is 3.07. The van der Waals surface area contributed by atoms with E-state index in [1.165, 1.54) is 4.90 Å². The van der Waals surface area contributed by atoms with Gasteiger partial charge in [-0.2, -0.15) is 0 Å². The number of piperazine rings is 1. The second kappa shape index (κ2) is 4.41. The van der Waals surface area contributed by atoms with Crippen molar-refractivity contribution < 1.29 is 9.59 Å². The molecule has 1 fully saturated rings. The first kappa shape index (κ1) is 11.0. The largest absolute Gasteiger partial charge is 0.332 e. The van der Waals surface area contributed by atoms with Crippen molar-refractivity contribution in [3.8, 4) is 0 Å². The van der Waals surface area contributed by atoms with Gasteiger partial charge in [0.25, 0.3) is 0 Å². The molecule has 1 aliphatic heterocycles. The summed E-state index contributed by atoms with van der Waals surface area (Å²) in [7, 11) is 1.66. The highest BCUT2D eigenvalue weighted by Gasteiger charge is 2.33. The normalized spacial score (nSPS) is 23.2. The summed E-state index contributed by atoms with van der Waals surface area (Å²) in [5.41, 5.74) is 5.35. The molecule has 1 rings (SSSR count). The van der Waals surface area contributed by atoms with Gasteiger partial charge in [-0.1, -0.05) is 0 Å². The number of carbonyl (C=O) groups excluding carboxylic acids is 2. The number of carbonyl (C=O) groups is 2. The lowest BCUT2D eigenvalue weighted by Gasteiger charge is -2.36. The first-order chi connectivity index (χ1) is 6.57. The van der Waals surface area contributed by atoms with Gasteiger partial charge in [-0.05, 0) is 19.9 Å². The minimum atomic E-state index is -0.339. The lowest BCUT2D eigenvalue weighted by molar-refractivity contribution is -0.153. The standard InChI is InChI=1S/C9H17N3O2/c1-7-9(14)12(5-3-4-10)6-8(13)11(7)2/h7H,3-6,10H2,1-2H3. The van der Waals surface area contributed by atoms with Crippen molar-refractivity contribution >= 4 is 11.8 Å². The Morgan fingerprint density at radius 2 is 2.14 bits per heavy atom. The van der Waals surface area contributed by atoms with Crippen molar-refractivity contribution in [1.29, 1.82) is 0 Å². The summed E-state index contributed by atoms with van der Waals surface area (Å²) >= 11 is 0. The fourth-order valence-corrected chi connectivity index (χ4v) is 1.47. The second-order valence-electron chi connectivity index (χ2n) is 3.58. The van der Waals surface area contributed by atoms with Gasteiger partial charge in [0.05, 0.1) is 6.54 Å². The lowest BCUT2D eigenvalue weighted by atomic mass is 10.2. The zero-order valence-electron chi connectivity index (χ0n) is 8.69. The van der Waals surface area contributed by atoms with E-state index >= 15 is 0 Å². The number of likely N-dealkylation sites (N-methyl/N-ethyl adjacent to an activating group) is 1. The van der Waals surface area contributed by atoms with Crippen molar-refractivity contribution in [3.05, 3.63) is 0 Å². The molecule has 1 aliphatic rings. The zero-order valence-corrected chi connectivity index (χ0v) is 8.69. The molecule has 0 saturated carbocycles. The van der Waals surface area contributed by atoms with Gasteiger partial charge < -0.3 is 15.5 Å². The van der Waals surface area contributed by atoms with Crippen LogP contribution in [0.1, 0.15) is 13.3 Å². The quantitative estimate of drug-likeness (QED) is 0.635. The number of rotatable bonds is 3. The Hall–Kier alpha value is -1.10. The molecule has 0 aliphatic carbocycles. The zero-order chi connectivity index (χ0) is 10.7. The topological polar surface area (TPSA) is 66.6 Å². The van der Waals surface area contributed by atoms with Crippen LogP contribution in [0, 0.1) is 0 Å². The van der Waals surface area contributed by atoms with Gasteiger partial charge in [-0.15, -0.1) is 0 Å². The summed E-state index contributed by atoms with van der Waals surface area (Å²) in [5, 5.41) is 0. The molecule has 0 radical (unpaired) electrons. The third kappa shape index (κ3) is 2.04. The van der Waals surface area contributed by atoms with Crippen LogP contribution in [0.3, 0.4) is 0 Å². The molecule has 14 heavy (non-hydrogen) atoms. The molecule has 2 amide bonds. The molecule has 5 heteroatoms. The first-order valence-electron chi connectivity index (χ1n) is 4.82. The summed E-state index contributed by atoms with van der Waals surface area (Å²) < 4.78 is 0. The van der Waals surface area contributed by atoms with Crippen LogP contribution in [-0.4, -0.2) is 54.3 Å². The molecule has 2 N–H and O–H groups in total. The highest BCUT2D eigenvalue weighted by atomic mass is 16.2. The monoisotopic (exact) mass is 199 g/mol. The molecule has 0 spiro atoms. The SMILES string of the molecule is CC1C(=O)N(CCCN)CC(=O)N1C. The first-order valence-corrected chi connectivity index (χ1v) is 4.82. The van der Waals surface area contributed by atoms with Gasteiger partial charge in [0.1, 0.15) is 6.04 Å². The number of nitrogens with zero attached hydrogens (tertiary/aromatic N) is 2. The predicted molar refractivity (Wildman–Crippen MR) is 52.5 cm³/mol. The Bertz CT molecular complexity index is 242. The predicted octanol–water partition coefficient (Wildman–Crippen LogP) is -0.976. The van der Waals surface area contributed by atoms with Crippen molar-refractivity contribution in [3.63, 3.8) is 0 Å². The third-order valence-electron chi connectivity index (χ3n) is 2.60. The van der Waals surface area contributed by atoms with Crippen LogP contribution in [0.15, 0.2) is 0 Å². The fraction of sp³-hybridized carbons (Fsp3) is 0.778. The van der Waals surface area contributed by atoms with Crippen LogP contribution in [0.4, 0.5) is 0 Å². The number of hydrogen-bond acceptors (Lipinski definition) is 3. The smallest absolute Gasteiger partial charge is 0.245 e. The Labute approximate surface area is 83.8 Å². The van der Waals surface area contributed by atoms with Gasteiger partial charge in [0.2, 0.25) is 11.8 Å². The average molecular weight is 199 g/mol.